The zero-order chi connectivity index (χ0) is 13.4. The molecule has 0 amide bonds. The Hall–Kier alpha value is -1.06. The first-order chi connectivity index (χ1) is 9.19. The molecule has 19 heavy (non-hydrogen) atoms. The first-order valence-corrected chi connectivity index (χ1v) is 7.49. The predicted molar refractivity (Wildman–Crippen MR) is 78.8 cm³/mol. The third-order valence-corrected chi connectivity index (χ3v) is 4.25. The number of hydrogen-bond acceptors (Lipinski definition) is 1. The number of halogens is 3. The van der Waals surface area contributed by atoms with Crippen LogP contribution in [0.2, 0.25) is 5.02 Å². The van der Waals surface area contributed by atoms with Crippen LogP contribution in [0.1, 0.15) is 5.56 Å². The predicted octanol–water partition coefficient (Wildman–Crippen LogP) is 4.84. The van der Waals surface area contributed by atoms with E-state index in [1.807, 2.05) is 18.2 Å². The standard InChI is InChI=1S/C15H11BrClFO/c16-8-11-6-9-5-10(18)7-13(15(9)19-11)12-3-1-2-4-14(12)17/h1-5,7,11H,6,8H2. The Kier molecular flexibility index (Phi) is 3.50. The van der Waals surface area contributed by atoms with Gasteiger partial charge in [0.15, 0.2) is 0 Å². The van der Waals surface area contributed by atoms with Crippen LogP contribution in [0, 0.1) is 5.82 Å². The van der Waals surface area contributed by atoms with Gasteiger partial charge in [-0.25, -0.2) is 4.39 Å². The molecule has 0 N–H and O–H groups in total. The maximum Gasteiger partial charge on any atom is 0.131 e. The minimum atomic E-state index is -0.257. The highest BCUT2D eigenvalue weighted by molar-refractivity contribution is 9.09. The normalized spacial score (nSPS) is 17.1. The van der Waals surface area contributed by atoms with Gasteiger partial charge in [-0.3, -0.25) is 0 Å². The number of fused-ring (bicyclic) bond motifs is 1. The summed E-state index contributed by atoms with van der Waals surface area (Å²) in [6.07, 6.45) is 0.772. The molecule has 0 fully saturated rings. The monoisotopic (exact) mass is 340 g/mol. The summed E-state index contributed by atoms with van der Waals surface area (Å²) in [5, 5.41) is 1.33. The molecule has 98 valence electrons. The van der Waals surface area contributed by atoms with Crippen LogP contribution >= 0.6 is 27.5 Å². The molecular weight excluding hydrogens is 331 g/mol. The molecule has 3 rings (SSSR count). The highest BCUT2D eigenvalue weighted by atomic mass is 79.9. The topological polar surface area (TPSA) is 9.23 Å². The maximum absolute atomic E-state index is 13.8. The fourth-order valence-electron chi connectivity index (χ4n) is 2.36. The molecule has 2 aromatic rings. The molecule has 0 saturated carbocycles. The Morgan fingerprint density at radius 3 is 2.79 bits per heavy atom. The van der Waals surface area contributed by atoms with Gasteiger partial charge in [0.25, 0.3) is 0 Å². The van der Waals surface area contributed by atoms with Crippen molar-refractivity contribution in [1.29, 1.82) is 0 Å². The van der Waals surface area contributed by atoms with Crippen LogP contribution in [0.4, 0.5) is 4.39 Å². The lowest BCUT2D eigenvalue weighted by atomic mass is 10.0. The van der Waals surface area contributed by atoms with E-state index >= 15 is 0 Å². The van der Waals surface area contributed by atoms with Crippen molar-refractivity contribution in [2.75, 3.05) is 5.33 Å². The SMILES string of the molecule is Fc1cc2c(c(-c3ccccc3Cl)c1)OC(CBr)C2. The fraction of sp³-hybridized carbons (Fsp3) is 0.200. The van der Waals surface area contributed by atoms with Crippen LogP contribution in [0.15, 0.2) is 36.4 Å². The van der Waals surface area contributed by atoms with Crippen molar-refractivity contribution in [3.63, 3.8) is 0 Å². The summed E-state index contributed by atoms with van der Waals surface area (Å²) in [6, 6.07) is 10.4. The van der Waals surface area contributed by atoms with Crippen LogP contribution in [0.3, 0.4) is 0 Å². The molecule has 1 aliphatic rings. The van der Waals surface area contributed by atoms with E-state index in [2.05, 4.69) is 15.9 Å². The largest absolute Gasteiger partial charge is 0.488 e. The summed E-state index contributed by atoms with van der Waals surface area (Å²) < 4.78 is 19.6. The van der Waals surface area contributed by atoms with Crippen molar-refractivity contribution in [3.8, 4) is 16.9 Å². The zero-order valence-corrected chi connectivity index (χ0v) is 12.3. The van der Waals surface area contributed by atoms with Crippen molar-refractivity contribution in [2.45, 2.75) is 12.5 Å². The van der Waals surface area contributed by atoms with E-state index < -0.39 is 0 Å². The second-order valence-electron chi connectivity index (χ2n) is 4.52. The molecule has 1 heterocycles. The van der Waals surface area contributed by atoms with Gasteiger partial charge in [-0.15, -0.1) is 0 Å². The highest BCUT2D eigenvalue weighted by Crippen LogP contribution is 2.42. The minimum Gasteiger partial charge on any atom is -0.488 e. The van der Waals surface area contributed by atoms with E-state index in [0.717, 1.165) is 34.2 Å². The molecule has 0 bridgehead atoms. The lowest BCUT2D eigenvalue weighted by Crippen LogP contribution is -2.13. The van der Waals surface area contributed by atoms with Crippen LogP contribution < -0.4 is 4.74 Å². The van der Waals surface area contributed by atoms with Gasteiger partial charge in [0.1, 0.15) is 17.7 Å². The van der Waals surface area contributed by atoms with Crippen LogP contribution in [-0.4, -0.2) is 11.4 Å². The molecule has 0 radical (unpaired) electrons. The lowest BCUT2D eigenvalue weighted by Gasteiger charge is -2.12. The summed E-state index contributed by atoms with van der Waals surface area (Å²) in [5.74, 6) is 0.492. The Morgan fingerprint density at radius 1 is 1.26 bits per heavy atom. The molecule has 4 heteroatoms. The summed E-state index contributed by atoms with van der Waals surface area (Å²) in [4.78, 5) is 0. The molecule has 0 aromatic heterocycles. The summed E-state index contributed by atoms with van der Waals surface area (Å²) >= 11 is 9.60. The van der Waals surface area contributed by atoms with Gasteiger partial charge in [-0.1, -0.05) is 45.7 Å². The molecule has 1 unspecified atom stereocenters. The smallest absolute Gasteiger partial charge is 0.131 e. The summed E-state index contributed by atoms with van der Waals surface area (Å²) in [7, 11) is 0. The average Bonchev–Trinajstić information content (AvgIpc) is 2.81. The molecule has 1 aliphatic heterocycles. The highest BCUT2D eigenvalue weighted by Gasteiger charge is 2.26. The molecule has 1 atom stereocenters. The third kappa shape index (κ3) is 2.37. The van der Waals surface area contributed by atoms with Gasteiger partial charge in [0.2, 0.25) is 0 Å². The van der Waals surface area contributed by atoms with Gasteiger partial charge in [0.05, 0.1) is 0 Å². The van der Waals surface area contributed by atoms with E-state index in [-0.39, 0.29) is 11.9 Å². The summed E-state index contributed by atoms with van der Waals surface area (Å²) in [6.45, 7) is 0. The maximum atomic E-state index is 13.8. The molecule has 0 aliphatic carbocycles. The van der Waals surface area contributed by atoms with E-state index in [9.17, 15) is 4.39 Å². The number of rotatable bonds is 2. The van der Waals surface area contributed by atoms with Crippen LogP contribution in [0.25, 0.3) is 11.1 Å². The van der Waals surface area contributed by atoms with Crippen molar-refractivity contribution in [3.05, 3.63) is 52.8 Å². The minimum absolute atomic E-state index is 0.0537. The molecule has 2 aromatic carbocycles. The number of hydrogen-bond donors (Lipinski definition) is 0. The van der Waals surface area contributed by atoms with E-state index in [4.69, 9.17) is 16.3 Å². The molecule has 0 spiro atoms. The van der Waals surface area contributed by atoms with Crippen molar-refractivity contribution < 1.29 is 9.13 Å². The average molecular weight is 342 g/mol. The van der Waals surface area contributed by atoms with Crippen molar-refractivity contribution in [2.24, 2.45) is 0 Å². The molecular formula is C15H11BrClFO. The quantitative estimate of drug-likeness (QED) is 0.710. The van der Waals surface area contributed by atoms with Gasteiger partial charge in [-0.2, -0.15) is 0 Å². The van der Waals surface area contributed by atoms with Crippen molar-refractivity contribution >= 4 is 27.5 Å². The Bertz CT molecular complexity index is 630. The van der Waals surface area contributed by atoms with Gasteiger partial charge >= 0.3 is 0 Å². The Morgan fingerprint density at radius 2 is 2.05 bits per heavy atom. The third-order valence-electron chi connectivity index (χ3n) is 3.20. The zero-order valence-electron chi connectivity index (χ0n) is 10.00. The Labute approximate surface area is 124 Å². The van der Waals surface area contributed by atoms with Gasteiger partial charge in [0, 0.05) is 33.5 Å². The van der Waals surface area contributed by atoms with Crippen LogP contribution in [0.5, 0.6) is 5.75 Å². The second-order valence-corrected chi connectivity index (χ2v) is 5.57. The van der Waals surface area contributed by atoms with E-state index in [1.54, 1.807) is 12.1 Å². The van der Waals surface area contributed by atoms with E-state index in [0.29, 0.717) is 5.02 Å². The van der Waals surface area contributed by atoms with Crippen molar-refractivity contribution in [1.82, 2.24) is 0 Å². The molecule has 0 saturated heterocycles. The number of alkyl halides is 1. The fourth-order valence-corrected chi connectivity index (χ4v) is 2.96. The number of benzene rings is 2. The summed E-state index contributed by atoms with van der Waals surface area (Å²) in [5.41, 5.74) is 2.43. The lowest BCUT2D eigenvalue weighted by molar-refractivity contribution is 0.261. The Balaban J connectivity index is 2.16. The first kappa shape index (κ1) is 12.9. The van der Waals surface area contributed by atoms with Gasteiger partial charge < -0.3 is 4.74 Å². The van der Waals surface area contributed by atoms with Gasteiger partial charge in [-0.05, 0) is 18.2 Å². The van der Waals surface area contributed by atoms with Crippen LogP contribution in [-0.2, 0) is 6.42 Å². The number of ether oxygens (including phenoxy) is 1. The molecule has 1 nitrogen and oxygen atoms in total. The van der Waals surface area contributed by atoms with E-state index in [1.165, 1.54) is 6.07 Å². The second kappa shape index (κ2) is 5.14. The first-order valence-electron chi connectivity index (χ1n) is 5.99.